The van der Waals surface area contributed by atoms with E-state index in [2.05, 4.69) is 129 Å². The van der Waals surface area contributed by atoms with Gasteiger partial charge in [0.1, 0.15) is 0 Å². The van der Waals surface area contributed by atoms with Gasteiger partial charge in [0, 0.05) is 60.7 Å². The molecule has 0 bridgehead atoms. The van der Waals surface area contributed by atoms with E-state index in [0.717, 1.165) is 33.4 Å². The molecule has 0 spiro atoms. The molecule has 4 heteroatoms. The molecule has 2 aliphatic carbocycles. The van der Waals surface area contributed by atoms with Crippen molar-refractivity contribution in [1.82, 2.24) is 19.9 Å². The number of aromatic nitrogens is 4. The lowest BCUT2D eigenvalue weighted by molar-refractivity contribution is 1.30. The fourth-order valence-electron chi connectivity index (χ4n) is 7.59. The molecule has 0 aliphatic heterocycles. The fraction of sp³-hybridized carbons (Fsp3) is 0. The largest absolute Gasteiger partial charge is 0.264 e. The minimum atomic E-state index is 1.11. The van der Waals surface area contributed by atoms with Crippen LogP contribution >= 0.6 is 0 Å². The third kappa shape index (κ3) is 4.54. The number of fused-ring (bicyclic) bond motifs is 6. The fourth-order valence-corrected chi connectivity index (χ4v) is 7.59. The van der Waals surface area contributed by atoms with Crippen LogP contribution in [0.2, 0.25) is 0 Å². The number of hydrogen-bond acceptors (Lipinski definition) is 4. The molecule has 8 aromatic rings. The predicted octanol–water partition coefficient (Wildman–Crippen LogP) is 10.9. The lowest BCUT2D eigenvalue weighted by atomic mass is 9.91. The van der Waals surface area contributed by atoms with Crippen molar-refractivity contribution in [2.75, 3.05) is 0 Å². The SMILES string of the molecule is c1cncc(-c2ccc(-c3ccc4c(c3)-c3cc(-c5ccc(-c6cccnc6)cc5)ccc3C4=C3c4ccncc4-c4cnccc43)cc2)c1. The quantitative estimate of drug-likeness (QED) is 0.193. The van der Waals surface area contributed by atoms with Crippen molar-refractivity contribution in [1.29, 1.82) is 0 Å². The molecule has 0 fully saturated rings. The summed E-state index contributed by atoms with van der Waals surface area (Å²) in [7, 11) is 0. The summed E-state index contributed by atoms with van der Waals surface area (Å²) in [5.41, 5.74) is 21.4. The molecule has 2 aliphatic rings. The van der Waals surface area contributed by atoms with E-state index >= 15 is 0 Å². The highest BCUT2D eigenvalue weighted by Gasteiger charge is 2.33. The van der Waals surface area contributed by atoms with Gasteiger partial charge in [0.25, 0.3) is 0 Å². The van der Waals surface area contributed by atoms with Crippen LogP contribution in [0, 0.1) is 0 Å². The molecule has 50 heavy (non-hydrogen) atoms. The van der Waals surface area contributed by atoms with E-state index < -0.39 is 0 Å². The van der Waals surface area contributed by atoms with Gasteiger partial charge in [-0.3, -0.25) is 19.9 Å². The van der Waals surface area contributed by atoms with Gasteiger partial charge in [0.2, 0.25) is 0 Å². The highest BCUT2D eigenvalue weighted by atomic mass is 14.7. The Morgan fingerprint density at radius 2 is 0.600 bits per heavy atom. The number of benzene rings is 4. The molecule has 232 valence electrons. The van der Waals surface area contributed by atoms with Gasteiger partial charge in [-0.05, 0) is 125 Å². The molecular weight excluding hydrogens is 609 g/mol. The number of hydrogen-bond donors (Lipinski definition) is 0. The maximum absolute atomic E-state index is 4.49. The molecule has 4 aromatic heterocycles. The van der Waals surface area contributed by atoms with Crippen molar-refractivity contribution < 1.29 is 0 Å². The van der Waals surface area contributed by atoms with Crippen LogP contribution in [-0.4, -0.2) is 19.9 Å². The Balaban J connectivity index is 1.15. The maximum Gasteiger partial charge on any atom is 0.0353 e. The summed E-state index contributed by atoms with van der Waals surface area (Å²) in [4.78, 5) is 17.6. The zero-order valence-corrected chi connectivity index (χ0v) is 27.0. The van der Waals surface area contributed by atoms with Crippen LogP contribution in [0.4, 0.5) is 0 Å². The first-order chi connectivity index (χ1) is 24.8. The lowest BCUT2D eigenvalue weighted by Crippen LogP contribution is -1.91. The van der Waals surface area contributed by atoms with Crippen molar-refractivity contribution in [2.45, 2.75) is 0 Å². The monoisotopic (exact) mass is 636 g/mol. The Morgan fingerprint density at radius 1 is 0.240 bits per heavy atom. The average molecular weight is 637 g/mol. The van der Waals surface area contributed by atoms with Gasteiger partial charge in [0.15, 0.2) is 0 Å². The summed E-state index contributed by atoms with van der Waals surface area (Å²) >= 11 is 0. The minimum Gasteiger partial charge on any atom is -0.264 e. The van der Waals surface area contributed by atoms with Gasteiger partial charge in [-0.2, -0.15) is 0 Å². The summed E-state index contributed by atoms with van der Waals surface area (Å²) in [5.74, 6) is 0. The van der Waals surface area contributed by atoms with Crippen LogP contribution in [-0.2, 0) is 0 Å². The average Bonchev–Trinajstić information content (AvgIpc) is 3.70. The Kier molecular flexibility index (Phi) is 6.46. The van der Waals surface area contributed by atoms with E-state index in [0.29, 0.717) is 0 Å². The van der Waals surface area contributed by atoms with Gasteiger partial charge in [0.05, 0.1) is 0 Å². The Morgan fingerprint density at radius 3 is 1.00 bits per heavy atom. The van der Waals surface area contributed by atoms with E-state index in [9.17, 15) is 0 Å². The molecule has 0 atom stereocenters. The van der Waals surface area contributed by atoms with E-state index in [1.54, 1.807) is 0 Å². The zero-order valence-electron chi connectivity index (χ0n) is 27.0. The van der Waals surface area contributed by atoms with Gasteiger partial charge in [-0.1, -0.05) is 84.9 Å². The summed E-state index contributed by atoms with van der Waals surface area (Å²) < 4.78 is 0. The third-order valence-electron chi connectivity index (χ3n) is 10.0. The summed E-state index contributed by atoms with van der Waals surface area (Å²) in [6.07, 6.45) is 15.2. The molecule has 10 rings (SSSR count). The van der Waals surface area contributed by atoms with Gasteiger partial charge in [-0.15, -0.1) is 0 Å². The number of pyridine rings is 4. The molecule has 0 saturated heterocycles. The summed E-state index contributed by atoms with van der Waals surface area (Å²) in [6.45, 7) is 0. The van der Waals surface area contributed by atoms with Crippen LogP contribution in [0.5, 0.6) is 0 Å². The van der Waals surface area contributed by atoms with Crippen molar-refractivity contribution >= 4 is 11.1 Å². The van der Waals surface area contributed by atoms with E-state index in [1.807, 2.05) is 61.7 Å². The van der Waals surface area contributed by atoms with E-state index in [-0.39, 0.29) is 0 Å². The second-order valence-corrected chi connectivity index (χ2v) is 12.8. The first-order valence-electron chi connectivity index (χ1n) is 16.7. The topological polar surface area (TPSA) is 51.6 Å². The molecule has 0 saturated carbocycles. The Labute approximate surface area is 290 Å². The van der Waals surface area contributed by atoms with Crippen molar-refractivity contribution in [2.24, 2.45) is 0 Å². The molecule has 4 heterocycles. The normalized spacial score (nSPS) is 12.3. The Bertz CT molecular complexity index is 2420. The zero-order chi connectivity index (χ0) is 33.0. The molecular formula is C46H28N4. The molecule has 4 aromatic carbocycles. The molecule has 0 radical (unpaired) electrons. The maximum atomic E-state index is 4.49. The van der Waals surface area contributed by atoms with E-state index in [1.165, 1.54) is 66.8 Å². The van der Waals surface area contributed by atoms with Crippen molar-refractivity contribution in [3.05, 3.63) is 193 Å². The van der Waals surface area contributed by atoms with Crippen LogP contribution in [0.3, 0.4) is 0 Å². The molecule has 0 amide bonds. The first kappa shape index (κ1) is 28.3. The molecule has 4 nitrogen and oxygen atoms in total. The third-order valence-corrected chi connectivity index (χ3v) is 10.0. The van der Waals surface area contributed by atoms with Crippen molar-refractivity contribution in [3.63, 3.8) is 0 Å². The smallest absolute Gasteiger partial charge is 0.0353 e. The van der Waals surface area contributed by atoms with Gasteiger partial charge in [-0.25, -0.2) is 0 Å². The predicted molar refractivity (Wildman–Crippen MR) is 202 cm³/mol. The van der Waals surface area contributed by atoms with Gasteiger partial charge < -0.3 is 0 Å². The summed E-state index contributed by atoms with van der Waals surface area (Å²) in [6, 6.07) is 43.9. The van der Waals surface area contributed by atoms with Crippen LogP contribution < -0.4 is 0 Å². The van der Waals surface area contributed by atoms with Crippen LogP contribution in [0.25, 0.3) is 77.9 Å². The van der Waals surface area contributed by atoms with E-state index in [4.69, 9.17) is 0 Å². The van der Waals surface area contributed by atoms with Crippen LogP contribution in [0.1, 0.15) is 22.3 Å². The molecule has 0 N–H and O–H groups in total. The number of nitrogens with zero attached hydrogens (tertiary/aromatic N) is 4. The second kappa shape index (κ2) is 11.4. The van der Waals surface area contributed by atoms with Gasteiger partial charge >= 0.3 is 0 Å². The summed E-state index contributed by atoms with van der Waals surface area (Å²) in [5, 5.41) is 0. The first-order valence-corrected chi connectivity index (χ1v) is 16.7. The van der Waals surface area contributed by atoms with Crippen LogP contribution in [0.15, 0.2) is 171 Å². The minimum absolute atomic E-state index is 1.11. The number of rotatable bonds is 4. The standard InChI is InChI=1S/C46H28N4/c1-3-35(25-47-19-1)31-9-5-29(6-10-31)33-13-15-37-41(23-33)42-24-34(30-7-11-32(12-8-30)36-4-2-20-48-26-36)14-16-38(42)45(37)46-39-17-21-49-27-43(39)44-28-50-22-18-40(44)46/h1-28H. The Hall–Kier alpha value is -6.78. The van der Waals surface area contributed by atoms with Crippen molar-refractivity contribution in [3.8, 4) is 66.8 Å². The highest BCUT2D eigenvalue weighted by molar-refractivity contribution is 6.19. The lowest BCUT2D eigenvalue weighted by Gasteiger charge is -2.12. The molecule has 0 unspecified atom stereocenters. The second-order valence-electron chi connectivity index (χ2n) is 12.8. The highest BCUT2D eigenvalue weighted by Crippen LogP contribution is 2.54.